The third kappa shape index (κ3) is 5.27. The first-order valence-corrected chi connectivity index (χ1v) is 9.19. The molecule has 24 heavy (non-hydrogen) atoms. The van der Waals surface area contributed by atoms with Crippen LogP contribution >= 0.6 is 22.9 Å². The van der Waals surface area contributed by atoms with Crippen LogP contribution in [0.1, 0.15) is 16.3 Å². The van der Waals surface area contributed by atoms with Crippen molar-refractivity contribution in [3.8, 4) is 0 Å². The summed E-state index contributed by atoms with van der Waals surface area (Å²) in [5.74, 6) is -0.0202. The van der Waals surface area contributed by atoms with Gasteiger partial charge in [0, 0.05) is 30.0 Å². The van der Waals surface area contributed by atoms with Gasteiger partial charge in [-0.1, -0.05) is 23.7 Å². The number of carbonyl (C=O) groups excluding carboxylic acids is 1. The van der Waals surface area contributed by atoms with Crippen molar-refractivity contribution < 1.29 is 9.53 Å². The molecule has 0 spiro atoms. The highest BCUT2D eigenvalue weighted by Crippen LogP contribution is 2.14. The first kappa shape index (κ1) is 17.4. The Morgan fingerprint density at radius 3 is 2.79 bits per heavy atom. The molecule has 0 radical (unpaired) electrons. The van der Waals surface area contributed by atoms with Crippen LogP contribution in [0.2, 0.25) is 5.02 Å². The van der Waals surface area contributed by atoms with Crippen molar-refractivity contribution in [3.05, 3.63) is 50.9 Å². The van der Waals surface area contributed by atoms with Crippen LogP contribution in [0.4, 0.5) is 0 Å². The Bertz CT molecular complexity index is 669. The number of benzene rings is 1. The second kappa shape index (κ2) is 8.58. The zero-order valence-corrected chi connectivity index (χ0v) is 14.9. The van der Waals surface area contributed by atoms with Crippen LogP contribution in [0.25, 0.3) is 0 Å². The van der Waals surface area contributed by atoms with Crippen molar-refractivity contribution in [2.45, 2.75) is 19.5 Å². The number of carbonyl (C=O) groups is 1. The van der Waals surface area contributed by atoms with Crippen LogP contribution in [-0.4, -0.2) is 42.1 Å². The molecule has 1 aromatic heterocycles. The van der Waals surface area contributed by atoms with Crippen LogP contribution in [0, 0.1) is 0 Å². The average molecular weight is 366 g/mol. The molecule has 1 aliphatic rings. The van der Waals surface area contributed by atoms with Gasteiger partial charge in [0.2, 0.25) is 5.91 Å². The number of thiazole rings is 1. The third-order valence-electron chi connectivity index (χ3n) is 3.81. The molecule has 0 aliphatic carbocycles. The highest BCUT2D eigenvalue weighted by atomic mass is 35.5. The van der Waals surface area contributed by atoms with Crippen LogP contribution in [-0.2, 0) is 29.0 Å². The van der Waals surface area contributed by atoms with Crippen LogP contribution < -0.4 is 5.32 Å². The van der Waals surface area contributed by atoms with Gasteiger partial charge < -0.3 is 10.1 Å². The van der Waals surface area contributed by atoms with Crippen molar-refractivity contribution in [2.75, 3.05) is 26.3 Å². The Morgan fingerprint density at radius 1 is 1.29 bits per heavy atom. The van der Waals surface area contributed by atoms with Crippen molar-refractivity contribution in [2.24, 2.45) is 0 Å². The van der Waals surface area contributed by atoms with Gasteiger partial charge in [0.05, 0.1) is 31.9 Å². The summed E-state index contributed by atoms with van der Waals surface area (Å²) in [4.78, 5) is 18.9. The number of hydrogen-bond acceptors (Lipinski definition) is 5. The zero-order chi connectivity index (χ0) is 16.8. The van der Waals surface area contributed by atoms with Gasteiger partial charge in [-0.25, -0.2) is 4.98 Å². The van der Waals surface area contributed by atoms with Crippen molar-refractivity contribution in [3.63, 3.8) is 0 Å². The number of aromatic nitrogens is 1. The Hall–Kier alpha value is -1.47. The van der Waals surface area contributed by atoms with E-state index in [-0.39, 0.29) is 5.91 Å². The lowest BCUT2D eigenvalue weighted by Gasteiger charge is -2.25. The molecule has 1 amide bonds. The van der Waals surface area contributed by atoms with E-state index in [0.29, 0.717) is 18.0 Å². The fourth-order valence-electron chi connectivity index (χ4n) is 2.48. The SMILES string of the molecule is O=C(Cc1csc(CN2CCOCC2)n1)NCc1ccc(Cl)cc1. The monoisotopic (exact) mass is 365 g/mol. The smallest absolute Gasteiger partial charge is 0.226 e. The number of ether oxygens (including phenoxy) is 1. The molecule has 0 unspecified atom stereocenters. The molecule has 2 heterocycles. The highest BCUT2D eigenvalue weighted by molar-refractivity contribution is 7.09. The molecular weight excluding hydrogens is 346 g/mol. The highest BCUT2D eigenvalue weighted by Gasteiger charge is 2.13. The molecule has 128 valence electrons. The predicted molar refractivity (Wildman–Crippen MR) is 95.2 cm³/mol. The summed E-state index contributed by atoms with van der Waals surface area (Å²) in [5, 5.41) is 6.63. The molecule has 1 N–H and O–H groups in total. The number of nitrogens with zero attached hydrogens (tertiary/aromatic N) is 2. The molecule has 1 saturated heterocycles. The average Bonchev–Trinajstić information content (AvgIpc) is 3.02. The summed E-state index contributed by atoms with van der Waals surface area (Å²) in [6.07, 6.45) is 0.313. The van der Waals surface area contributed by atoms with E-state index in [9.17, 15) is 4.79 Å². The van der Waals surface area contributed by atoms with Gasteiger partial charge in [-0.3, -0.25) is 9.69 Å². The maximum atomic E-state index is 12.1. The summed E-state index contributed by atoms with van der Waals surface area (Å²) in [6.45, 7) is 4.78. The number of morpholine rings is 1. The Kier molecular flexibility index (Phi) is 6.20. The summed E-state index contributed by atoms with van der Waals surface area (Å²) < 4.78 is 5.35. The van der Waals surface area contributed by atoms with Crippen LogP contribution in [0.3, 0.4) is 0 Å². The van der Waals surface area contributed by atoms with Crippen molar-refractivity contribution >= 4 is 28.8 Å². The predicted octanol–water partition coefficient (Wildman–Crippen LogP) is 2.49. The second-order valence-corrected chi connectivity index (χ2v) is 7.08. The maximum absolute atomic E-state index is 12.1. The van der Waals surface area contributed by atoms with Gasteiger partial charge in [0.25, 0.3) is 0 Å². The third-order valence-corrected chi connectivity index (χ3v) is 4.94. The first-order chi connectivity index (χ1) is 11.7. The molecule has 0 bridgehead atoms. The minimum absolute atomic E-state index is 0.0202. The Labute approximate surface area is 150 Å². The van der Waals surface area contributed by atoms with E-state index >= 15 is 0 Å². The van der Waals surface area contributed by atoms with E-state index in [2.05, 4.69) is 15.2 Å². The number of nitrogens with one attached hydrogen (secondary N) is 1. The lowest BCUT2D eigenvalue weighted by Crippen LogP contribution is -2.35. The van der Waals surface area contributed by atoms with E-state index in [1.54, 1.807) is 11.3 Å². The fraction of sp³-hybridized carbons (Fsp3) is 0.412. The summed E-state index contributed by atoms with van der Waals surface area (Å²) in [6, 6.07) is 7.46. The number of rotatable bonds is 6. The van der Waals surface area contributed by atoms with Gasteiger partial charge in [0.15, 0.2) is 0 Å². The standard InChI is InChI=1S/C17H20ClN3O2S/c18-14-3-1-13(2-4-14)10-19-16(22)9-15-12-24-17(20-15)11-21-5-7-23-8-6-21/h1-4,12H,5-11H2,(H,19,22). The quantitative estimate of drug-likeness (QED) is 0.854. The van der Waals surface area contributed by atoms with Gasteiger partial charge >= 0.3 is 0 Å². The van der Waals surface area contributed by atoms with Crippen molar-refractivity contribution in [1.82, 2.24) is 15.2 Å². The Morgan fingerprint density at radius 2 is 2.04 bits per heavy atom. The summed E-state index contributed by atoms with van der Waals surface area (Å²) in [7, 11) is 0. The topological polar surface area (TPSA) is 54.5 Å². The van der Waals surface area contributed by atoms with Gasteiger partial charge in [0.1, 0.15) is 5.01 Å². The second-order valence-electron chi connectivity index (χ2n) is 5.70. The molecular formula is C17H20ClN3O2S. The molecule has 5 nitrogen and oxygen atoms in total. The summed E-state index contributed by atoms with van der Waals surface area (Å²) >= 11 is 7.46. The van der Waals surface area contributed by atoms with E-state index in [1.807, 2.05) is 29.6 Å². The zero-order valence-electron chi connectivity index (χ0n) is 13.3. The van der Waals surface area contributed by atoms with Crippen LogP contribution in [0.5, 0.6) is 0 Å². The molecule has 1 fully saturated rings. The molecule has 1 aromatic carbocycles. The largest absolute Gasteiger partial charge is 0.379 e. The number of hydrogen-bond donors (Lipinski definition) is 1. The van der Waals surface area contributed by atoms with E-state index in [4.69, 9.17) is 16.3 Å². The van der Waals surface area contributed by atoms with E-state index < -0.39 is 0 Å². The van der Waals surface area contributed by atoms with Gasteiger partial charge in [-0.15, -0.1) is 11.3 Å². The number of amides is 1. The fourth-order valence-corrected chi connectivity index (χ4v) is 3.44. The van der Waals surface area contributed by atoms with Gasteiger partial charge in [-0.2, -0.15) is 0 Å². The molecule has 0 atom stereocenters. The van der Waals surface area contributed by atoms with Crippen molar-refractivity contribution in [1.29, 1.82) is 0 Å². The van der Waals surface area contributed by atoms with E-state index in [0.717, 1.165) is 49.1 Å². The minimum Gasteiger partial charge on any atom is -0.379 e. The first-order valence-electron chi connectivity index (χ1n) is 7.93. The summed E-state index contributed by atoms with van der Waals surface area (Å²) in [5.41, 5.74) is 1.86. The molecule has 7 heteroatoms. The van der Waals surface area contributed by atoms with Gasteiger partial charge in [-0.05, 0) is 17.7 Å². The molecule has 3 rings (SSSR count). The van der Waals surface area contributed by atoms with E-state index in [1.165, 1.54) is 0 Å². The Balaban J connectivity index is 1.45. The molecule has 1 aliphatic heterocycles. The lowest BCUT2D eigenvalue weighted by molar-refractivity contribution is -0.120. The molecule has 0 saturated carbocycles. The minimum atomic E-state index is -0.0202. The molecule has 2 aromatic rings. The lowest BCUT2D eigenvalue weighted by atomic mass is 10.2. The van der Waals surface area contributed by atoms with Crippen LogP contribution in [0.15, 0.2) is 29.6 Å². The number of halogens is 1. The maximum Gasteiger partial charge on any atom is 0.226 e. The normalized spacial score (nSPS) is 15.4.